The summed E-state index contributed by atoms with van der Waals surface area (Å²) in [6, 6.07) is 4.34. The molecule has 1 amide bonds. The molecule has 0 saturated carbocycles. The van der Waals surface area contributed by atoms with Crippen LogP contribution in [0.2, 0.25) is 0 Å². The number of rotatable bonds is 6. The Kier molecular flexibility index (Phi) is 5.04. The van der Waals surface area contributed by atoms with Crippen LogP contribution in [0.1, 0.15) is 35.1 Å². The van der Waals surface area contributed by atoms with Gasteiger partial charge < -0.3 is 19.6 Å². The average molecular weight is 319 g/mol. The van der Waals surface area contributed by atoms with Gasteiger partial charge in [-0.3, -0.25) is 9.69 Å². The van der Waals surface area contributed by atoms with E-state index in [1.54, 1.807) is 6.26 Å². The Balaban J connectivity index is 1.40. The van der Waals surface area contributed by atoms with Gasteiger partial charge in [0.2, 0.25) is 5.89 Å². The molecule has 2 N–H and O–H groups in total. The van der Waals surface area contributed by atoms with Crippen LogP contribution >= 0.6 is 0 Å². The standard InChI is InChI=1S/C15H21N5O3/c1-16-15(21)14-18-13(23-19-14)9-17-11-4-6-20(7-5-11)10-12-3-2-8-22-12/h2-3,8,11,17H,4-7,9-10H2,1H3,(H,16,21). The summed E-state index contributed by atoms with van der Waals surface area (Å²) in [7, 11) is 1.53. The summed E-state index contributed by atoms with van der Waals surface area (Å²) in [5.41, 5.74) is 0. The number of furan rings is 1. The van der Waals surface area contributed by atoms with Crippen molar-refractivity contribution < 1.29 is 13.7 Å². The number of likely N-dealkylation sites (tertiary alicyclic amines) is 1. The van der Waals surface area contributed by atoms with Crippen LogP contribution in [0.25, 0.3) is 0 Å². The molecule has 0 unspecified atom stereocenters. The minimum Gasteiger partial charge on any atom is -0.468 e. The Hall–Kier alpha value is -2.19. The van der Waals surface area contributed by atoms with Gasteiger partial charge >= 0.3 is 0 Å². The summed E-state index contributed by atoms with van der Waals surface area (Å²) in [6.07, 6.45) is 3.81. The quantitative estimate of drug-likeness (QED) is 0.812. The highest BCUT2D eigenvalue weighted by atomic mass is 16.5. The van der Waals surface area contributed by atoms with Gasteiger partial charge in [0.15, 0.2) is 0 Å². The smallest absolute Gasteiger partial charge is 0.292 e. The van der Waals surface area contributed by atoms with Crippen molar-refractivity contribution in [3.63, 3.8) is 0 Å². The second-order valence-electron chi connectivity index (χ2n) is 5.60. The number of nitrogens with zero attached hydrogens (tertiary/aromatic N) is 3. The Morgan fingerprint density at radius 3 is 2.96 bits per heavy atom. The van der Waals surface area contributed by atoms with Crippen molar-refractivity contribution in [1.82, 2.24) is 25.7 Å². The molecule has 0 aromatic carbocycles. The normalized spacial score (nSPS) is 16.6. The van der Waals surface area contributed by atoms with Gasteiger partial charge in [-0.25, -0.2) is 0 Å². The fraction of sp³-hybridized carbons (Fsp3) is 0.533. The van der Waals surface area contributed by atoms with Crippen molar-refractivity contribution in [1.29, 1.82) is 0 Å². The molecule has 0 spiro atoms. The lowest BCUT2D eigenvalue weighted by atomic mass is 10.0. The minimum atomic E-state index is -0.341. The molecule has 0 bridgehead atoms. The molecule has 8 nitrogen and oxygen atoms in total. The largest absolute Gasteiger partial charge is 0.468 e. The van der Waals surface area contributed by atoms with E-state index in [-0.39, 0.29) is 11.7 Å². The van der Waals surface area contributed by atoms with Crippen LogP contribution in [0.4, 0.5) is 0 Å². The number of hydrogen-bond acceptors (Lipinski definition) is 7. The first kappa shape index (κ1) is 15.7. The molecule has 2 aromatic heterocycles. The number of amides is 1. The molecule has 0 radical (unpaired) electrons. The maximum absolute atomic E-state index is 11.4. The SMILES string of the molecule is CNC(=O)c1noc(CNC2CCN(Cc3ccco3)CC2)n1. The van der Waals surface area contributed by atoms with E-state index in [9.17, 15) is 4.79 Å². The van der Waals surface area contributed by atoms with E-state index < -0.39 is 0 Å². The van der Waals surface area contributed by atoms with Gasteiger partial charge in [-0.15, -0.1) is 0 Å². The third-order valence-corrected chi connectivity index (χ3v) is 3.99. The van der Waals surface area contributed by atoms with E-state index in [0.29, 0.717) is 18.5 Å². The third kappa shape index (κ3) is 4.17. The number of nitrogens with one attached hydrogen (secondary N) is 2. The first-order valence-corrected chi connectivity index (χ1v) is 7.77. The Bertz CT molecular complexity index is 617. The van der Waals surface area contributed by atoms with E-state index in [1.807, 2.05) is 12.1 Å². The van der Waals surface area contributed by atoms with Crippen LogP contribution in [-0.2, 0) is 13.1 Å². The lowest BCUT2D eigenvalue weighted by Gasteiger charge is -2.31. The predicted octanol–water partition coefficient (Wildman–Crippen LogP) is 0.776. The number of piperidine rings is 1. The first-order chi connectivity index (χ1) is 11.2. The zero-order chi connectivity index (χ0) is 16.1. The molecular formula is C15H21N5O3. The molecule has 0 atom stereocenters. The fourth-order valence-electron chi connectivity index (χ4n) is 2.68. The van der Waals surface area contributed by atoms with Crippen molar-refractivity contribution >= 4 is 5.91 Å². The highest BCUT2D eigenvalue weighted by molar-refractivity contribution is 5.89. The number of hydrogen-bond donors (Lipinski definition) is 2. The summed E-state index contributed by atoms with van der Waals surface area (Å²) in [5, 5.41) is 9.52. The van der Waals surface area contributed by atoms with Crippen molar-refractivity contribution in [2.24, 2.45) is 0 Å². The van der Waals surface area contributed by atoms with Crippen molar-refractivity contribution in [3.05, 3.63) is 35.9 Å². The van der Waals surface area contributed by atoms with E-state index in [1.165, 1.54) is 7.05 Å². The third-order valence-electron chi connectivity index (χ3n) is 3.99. The molecular weight excluding hydrogens is 298 g/mol. The number of carbonyl (C=O) groups is 1. The second kappa shape index (κ2) is 7.38. The van der Waals surface area contributed by atoms with Gasteiger partial charge in [0.25, 0.3) is 11.7 Å². The molecule has 8 heteroatoms. The number of carbonyl (C=O) groups excluding carboxylic acids is 1. The molecule has 124 valence electrons. The lowest BCUT2D eigenvalue weighted by Crippen LogP contribution is -2.41. The summed E-state index contributed by atoms with van der Waals surface area (Å²) in [6.45, 7) is 3.38. The van der Waals surface area contributed by atoms with Crippen molar-refractivity contribution in [3.8, 4) is 0 Å². The van der Waals surface area contributed by atoms with Gasteiger partial charge in [0, 0.05) is 26.2 Å². The van der Waals surface area contributed by atoms with Gasteiger partial charge in [-0.2, -0.15) is 4.98 Å². The fourth-order valence-corrected chi connectivity index (χ4v) is 2.68. The molecule has 2 aromatic rings. The lowest BCUT2D eigenvalue weighted by molar-refractivity contribution is 0.0950. The van der Waals surface area contributed by atoms with E-state index in [2.05, 4.69) is 25.7 Å². The first-order valence-electron chi connectivity index (χ1n) is 7.77. The summed E-state index contributed by atoms with van der Waals surface area (Å²) in [4.78, 5) is 17.8. The van der Waals surface area contributed by atoms with Gasteiger partial charge in [0.05, 0.1) is 19.4 Å². The maximum atomic E-state index is 11.4. The minimum absolute atomic E-state index is 0.0672. The van der Waals surface area contributed by atoms with Crippen LogP contribution in [-0.4, -0.2) is 47.1 Å². The van der Waals surface area contributed by atoms with Gasteiger partial charge in [-0.1, -0.05) is 5.16 Å². The zero-order valence-corrected chi connectivity index (χ0v) is 13.1. The maximum Gasteiger partial charge on any atom is 0.292 e. The Labute approximate surface area is 134 Å². The topological polar surface area (TPSA) is 96.4 Å². The van der Waals surface area contributed by atoms with E-state index >= 15 is 0 Å². The highest BCUT2D eigenvalue weighted by Crippen LogP contribution is 2.14. The summed E-state index contributed by atoms with van der Waals surface area (Å²) >= 11 is 0. The Morgan fingerprint density at radius 2 is 2.26 bits per heavy atom. The van der Waals surface area contributed by atoms with E-state index in [0.717, 1.165) is 38.2 Å². The molecule has 1 aliphatic heterocycles. The van der Waals surface area contributed by atoms with Crippen molar-refractivity contribution in [2.45, 2.75) is 32.0 Å². The molecule has 1 saturated heterocycles. The van der Waals surface area contributed by atoms with Crippen LogP contribution in [0, 0.1) is 0 Å². The molecule has 3 heterocycles. The van der Waals surface area contributed by atoms with Crippen LogP contribution in [0.15, 0.2) is 27.3 Å². The predicted molar refractivity (Wildman–Crippen MR) is 81.5 cm³/mol. The van der Waals surface area contributed by atoms with Gasteiger partial charge in [0.1, 0.15) is 5.76 Å². The zero-order valence-electron chi connectivity index (χ0n) is 13.1. The molecule has 1 fully saturated rings. The summed E-state index contributed by atoms with van der Waals surface area (Å²) < 4.78 is 10.4. The monoisotopic (exact) mass is 319 g/mol. The van der Waals surface area contributed by atoms with Crippen molar-refractivity contribution in [2.75, 3.05) is 20.1 Å². The summed E-state index contributed by atoms with van der Waals surface area (Å²) in [5.74, 6) is 1.16. The average Bonchev–Trinajstić information content (AvgIpc) is 3.25. The molecule has 3 rings (SSSR count). The number of aromatic nitrogens is 2. The Morgan fingerprint density at radius 1 is 1.43 bits per heavy atom. The van der Waals surface area contributed by atoms with E-state index in [4.69, 9.17) is 8.94 Å². The van der Waals surface area contributed by atoms with Crippen LogP contribution < -0.4 is 10.6 Å². The second-order valence-corrected chi connectivity index (χ2v) is 5.60. The highest BCUT2D eigenvalue weighted by Gasteiger charge is 2.20. The molecule has 23 heavy (non-hydrogen) atoms. The van der Waals surface area contributed by atoms with Gasteiger partial charge in [-0.05, 0) is 25.0 Å². The molecule has 1 aliphatic rings. The van der Waals surface area contributed by atoms with Crippen LogP contribution in [0.3, 0.4) is 0 Å². The molecule has 0 aliphatic carbocycles. The van der Waals surface area contributed by atoms with Crippen LogP contribution in [0.5, 0.6) is 0 Å².